The molecule has 1 aliphatic rings. The van der Waals surface area contributed by atoms with Gasteiger partial charge in [-0.05, 0) is 29.0 Å². The van der Waals surface area contributed by atoms with Crippen molar-refractivity contribution in [2.45, 2.75) is 6.04 Å². The topological polar surface area (TPSA) is 95.0 Å². The van der Waals surface area contributed by atoms with Crippen molar-refractivity contribution in [1.29, 1.82) is 0 Å². The molecule has 0 saturated heterocycles. The molecule has 1 atom stereocenters. The molecule has 0 amide bonds. The Kier molecular flexibility index (Phi) is 4.43. The highest BCUT2D eigenvalue weighted by atomic mass is 16.3. The normalized spacial score (nSPS) is 14.1. The summed E-state index contributed by atoms with van der Waals surface area (Å²) < 4.78 is 1.55. The fraction of sp³-hybridized carbons (Fsp3) is 0.150. The Morgan fingerprint density at radius 1 is 1.19 bits per heavy atom. The van der Waals surface area contributed by atoms with Gasteiger partial charge in [0.05, 0.1) is 23.7 Å². The number of aromatic nitrogens is 2. The molecule has 7 heteroatoms. The van der Waals surface area contributed by atoms with Crippen LogP contribution in [0.2, 0.25) is 0 Å². The van der Waals surface area contributed by atoms with Crippen LogP contribution in [0.4, 0.5) is 11.6 Å². The maximum Gasteiger partial charge on any atom is 0.220 e. The number of imidazole rings is 1. The van der Waals surface area contributed by atoms with E-state index in [1.54, 1.807) is 17.7 Å². The Labute approximate surface area is 155 Å². The van der Waals surface area contributed by atoms with E-state index >= 15 is 0 Å². The van der Waals surface area contributed by atoms with Crippen LogP contribution >= 0.6 is 0 Å². The van der Waals surface area contributed by atoms with Crippen LogP contribution in [0.3, 0.4) is 0 Å². The van der Waals surface area contributed by atoms with E-state index in [9.17, 15) is 10.2 Å². The van der Waals surface area contributed by atoms with Crippen molar-refractivity contribution in [2.75, 3.05) is 11.9 Å². The molecule has 27 heavy (non-hydrogen) atoms. The number of rotatable bonds is 5. The number of hydrogen-bond donors (Lipinski definition) is 3. The third-order valence-corrected chi connectivity index (χ3v) is 4.48. The summed E-state index contributed by atoms with van der Waals surface area (Å²) in [6.45, 7) is -0.0942. The van der Waals surface area contributed by atoms with Crippen LogP contribution < -0.4 is 15.9 Å². The first-order chi connectivity index (χ1) is 13.2. The number of aliphatic hydroxyl groups excluding tert-OH is 1. The monoisotopic (exact) mass is 361 g/mol. The second-order valence-electron chi connectivity index (χ2n) is 6.26. The summed E-state index contributed by atoms with van der Waals surface area (Å²) in [7, 11) is 1.72. The Morgan fingerprint density at radius 2 is 2.00 bits per heavy atom. The van der Waals surface area contributed by atoms with Crippen LogP contribution in [-0.4, -0.2) is 32.7 Å². The van der Waals surface area contributed by atoms with E-state index in [2.05, 4.69) is 20.3 Å². The lowest BCUT2D eigenvalue weighted by atomic mass is 10.1. The summed E-state index contributed by atoms with van der Waals surface area (Å²) in [6.07, 6.45) is 3.30. The van der Waals surface area contributed by atoms with Gasteiger partial charge in [-0.2, -0.15) is 0 Å². The molecule has 3 aromatic rings. The minimum Gasteiger partial charge on any atom is -0.493 e. The van der Waals surface area contributed by atoms with Crippen molar-refractivity contribution in [2.24, 2.45) is 17.0 Å². The van der Waals surface area contributed by atoms with Crippen LogP contribution in [0.25, 0.3) is 6.08 Å². The second kappa shape index (κ2) is 7.05. The third kappa shape index (κ3) is 3.32. The quantitative estimate of drug-likeness (QED) is 0.640. The number of fused-ring (bicyclic) bond motifs is 1. The van der Waals surface area contributed by atoms with E-state index in [-0.39, 0.29) is 18.5 Å². The predicted octanol–water partition coefficient (Wildman–Crippen LogP) is 1.39. The van der Waals surface area contributed by atoms with Crippen LogP contribution in [0.1, 0.15) is 17.3 Å². The number of benzene rings is 2. The molecule has 0 radical (unpaired) electrons. The highest BCUT2D eigenvalue weighted by molar-refractivity contribution is 5.67. The third-order valence-electron chi connectivity index (χ3n) is 4.48. The average molecular weight is 361 g/mol. The fourth-order valence-electron chi connectivity index (χ4n) is 2.97. The summed E-state index contributed by atoms with van der Waals surface area (Å²) in [6, 6.07) is 15.0. The van der Waals surface area contributed by atoms with Crippen molar-refractivity contribution in [3.8, 4) is 5.88 Å². The lowest BCUT2D eigenvalue weighted by Crippen LogP contribution is -2.17. The minimum atomic E-state index is -0.324. The lowest BCUT2D eigenvalue weighted by Gasteiger charge is -2.17. The SMILES string of the molecule is Cn1c(NC(CO)c2ccccc2)nc(C=c2ccc3c(c2)N=CN=3)c1O. The summed E-state index contributed by atoms with van der Waals surface area (Å²) in [5.74, 6) is 0.506. The Hall–Kier alpha value is -3.45. The van der Waals surface area contributed by atoms with Crippen LogP contribution in [0, 0.1) is 0 Å². The van der Waals surface area contributed by atoms with Crippen LogP contribution in [-0.2, 0) is 7.05 Å². The maximum atomic E-state index is 10.4. The van der Waals surface area contributed by atoms with Crippen molar-refractivity contribution in [3.05, 3.63) is 70.4 Å². The highest BCUT2D eigenvalue weighted by Crippen LogP contribution is 2.25. The number of aliphatic hydroxyl groups is 1. The van der Waals surface area contributed by atoms with Gasteiger partial charge in [-0.15, -0.1) is 0 Å². The molecule has 4 rings (SSSR count). The van der Waals surface area contributed by atoms with E-state index in [0.29, 0.717) is 11.6 Å². The molecule has 0 spiro atoms. The van der Waals surface area contributed by atoms with E-state index in [1.165, 1.54) is 6.34 Å². The molecule has 3 N–H and O–H groups in total. The maximum absolute atomic E-state index is 10.4. The number of nitrogens with one attached hydrogen (secondary N) is 1. The van der Waals surface area contributed by atoms with Crippen molar-refractivity contribution >= 4 is 24.1 Å². The Balaban J connectivity index is 1.66. The number of aliphatic imine (C=N–C) groups is 1. The lowest BCUT2D eigenvalue weighted by molar-refractivity contribution is 0.275. The molecule has 1 unspecified atom stereocenters. The Bertz CT molecular complexity index is 1120. The zero-order chi connectivity index (χ0) is 18.8. The standard InChI is InChI=1S/C20H19N5O2/c1-25-19(27)17(10-13-7-8-15-16(9-13)22-12-21-15)23-20(25)24-18(11-26)14-5-3-2-4-6-14/h2-10,12,18,26-27H,11H2,1H3,(H,23,24). The van der Waals surface area contributed by atoms with Gasteiger partial charge in [-0.3, -0.25) is 4.57 Å². The van der Waals surface area contributed by atoms with Gasteiger partial charge in [0.25, 0.3) is 0 Å². The zero-order valence-corrected chi connectivity index (χ0v) is 14.7. The van der Waals surface area contributed by atoms with Gasteiger partial charge in [0.2, 0.25) is 11.8 Å². The van der Waals surface area contributed by atoms with Gasteiger partial charge in [0.1, 0.15) is 12.0 Å². The molecule has 136 valence electrons. The molecular weight excluding hydrogens is 342 g/mol. The first-order valence-corrected chi connectivity index (χ1v) is 8.56. The molecule has 0 aliphatic carbocycles. The van der Waals surface area contributed by atoms with Crippen LogP contribution in [0.15, 0.2) is 58.5 Å². The molecule has 1 aromatic heterocycles. The summed E-state index contributed by atoms with van der Waals surface area (Å²) in [5.41, 5.74) is 2.17. The second-order valence-corrected chi connectivity index (χ2v) is 6.26. The van der Waals surface area contributed by atoms with Gasteiger partial charge in [-0.1, -0.05) is 36.4 Å². The Morgan fingerprint density at radius 3 is 2.78 bits per heavy atom. The van der Waals surface area contributed by atoms with Gasteiger partial charge < -0.3 is 15.5 Å². The van der Waals surface area contributed by atoms with E-state index in [1.807, 2.05) is 48.5 Å². The van der Waals surface area contributed by atoms with Crippen LogP contribution in [0.5, 0.6) is 5.88 Å². The van der Waals surface area contributed by atoms with E-state index in [4.69, 9.17) is 0 Å². The van der Waals surface area contributed by atoms with Crippen molar-refractivity contribution in [3.63, 3.8) is 0 Å². The smallest absolute Gasteiger partial charge is 0.220 e. The molecule has 2 aromatic carbocycles. The number of anilines is 1. The van der Waals surface area contributed by atoms with E-state index < -0.39 is 0 Å². The molecule has 7 nitrogen and oxygen atoms in total. The summed E-state index contributed by atoms with van der Waals surface area (Å²) >= 11 is 0. The predicted molar refractivity (Wildman–Crippen MR) is 104 cm³/mol. The molecule has 2 heterocycles. The minimum absolute atomic E-state index is 0.0379. The highest BCUT2D eigenvalue weighted by Gasteiger charge is 2.17. The number of hydrogen-bond acceptors (Lipinski definition) is 6. The average Bonchev–Trinajstić information content (AvgIpc) is 3.27. The van der Waals surface area contributed by atoms with Gasteiger partial charge in [0, 0.05) is 7.05 Å². The first kappa shape index (κ1) is 17.0. The number of aromatic hydroxyl groups is 1. The van der Waals surface area contributed by atoms with Gasteiger partial charge >= 0.3 is 0 Å². The zero-order valence-electron chi connectivity index (χ0n) is 14.7. The fourth-order valence-corrected chi connectivity index (χ4v) is 2.97. The van der Waals surface area contributed by atoms with Gasteiger partial charge in [-0.25, -0.2) is 15.0 Å². The van der Waals surface area contributed by atoms with E-state index in [0.717, 1.165) is 21.8 Å². The first-order valence-electron chi connectivity index (χ1n) is 8.56. The molecule has 1 aliphatic heterocycles. The summed E-state index contributed by atoms with van der Waals surface area (Å²) in [4.78, 5) is 12.8. The number of nitrogens with zero attached hydrogens (tertiary/aromatic N) is 4. The molecule has 0 saturated carbocycles. The molecular formula is C20H19N5O2. The molecule has 0 fully saturated rings. The largest absolute Gasteiger partial charge is 0.493 e. The van der Waals surface area contributed by atoms with Crippen molar-refractivity contribution < 1.29 is 10.2 Å². The summed E-state index contributed by atoms with van der Waals surface area (Å²) in [5, 5.41) is 25.1. The van der Waals surface area contributed by atoms with Gasteiger partial charge in [0.15, 0.2) is 0 Å². The van der Waals surface area contributed by atoms with Crippen molar-refractivity contribution in [1.82, 2.24) is 9.55 Å². The molecule has 0 bridgehead atoms.